The Morgan fingerprint density at radius 3 is 2.65 bits per heavy atom. The van der Waals surface area contributed by atoms with Gasteiger partial charge >= 0.3 is 11.9 Å². The van der Waals surface area contributed by atoms with E-state index in [1.54, 1.807) is 38.1 Å². The van der Waals surface area contributed by atoms with Gasteiger partial charge in [-0.15, -0.1) is 5.10 Å². The number of fused-ring (bicyclic) bond motifs is 1. The van der Waals surface area contributed by atoms with Gasteiger partial charge in [0.2, 0.25) is 0 Å². The quantitative estimate of drug-likeness (QED) is 0.389. The first-order valence-electron chi connectivity index (χ1n) is 11.4. The lowest BCUT2D eigenvalue weighted by molar-refractivity contribution is -0.139. The lowest BCUT2D eigenvalue weighted by atomic mass is 9.96. The van der Waals surface area contributed by atoms with Crippen LogP contribution in [0.5, 0.6) is 0 Å². The van der Waals surface area contributed by atoms with E-state index < -0.39 is 18.0 Å². The van der Waals surface area contributed by atoms with Crippen molar-refractivity contribution >= 4 is 29.4 Å². The monoisotopic (exact) mass is 515 g/mol. The van der Waals surface area contributed by atoms with Crippen molar-refractivity contribution in [2.45, 2.75) is 19.9 Å². The number of benzene rings is 2. The van der Waals surface area contributed by atoms with Gasteiger partial charge in [0.1, 0.15) is 0 Å². The fourth-order valence-corrected chi connectivity index (χ4v) is 5.19. The molecular formula is C26H21N5O5S. The molecule has 1 aliphatic heterocycles. The third kappa shape index (κ3) is 4.52. The largest absolute Gasteiger partial charge is 0.476 e. The zero-order valence-electron chi connectivity index (χ0n) is 19.9. The number of rotatable bonds is 6. The number of ether oxygens (including phenoxy) is 1. The highest BCUT2D eigenvalue weighted by atomic mass is 32.1. The normalized spacial score (nSPS) is 15.3. The minimum atomic E-state index is -1.17. The highest BCUT2D eigenvalue weighted by Gasteiger charge is 2.33. The van der Waals surface area contributed by atoms with Crippen molar-refractivity contribution in [3.05, 3.63) is 109 Å². The molecule has 0 spiro atoms. The lowest BCUT2D eigenvalue weighted by Gasteiger charge is -2.24. The summed E-state index contributed by atoms with van der Waals surface area (Å²) in [5.41, 5.74) is 2.43. The first-order chi connectivity index (χ1) is 17.9. The second-order valence-electron chi connectivity index (χ2n) is 8.16. The predicted octanol–water partition coefficient (Wildman–Crippen LogP) is 2.08. The van der Waals surface area contributed by atoms with E-state index in [4.69, 9.17) is 9.84 Å². The summed E-state index contributed by atoms with van der Waals surface area (Å²) < 4.78 is 8.62. The maximum Gasteiger partial charge on any atom is 0.358 e. The van der Waals surface area contributed by atoms with Crippen LogP contribution in [0.15, 0.2) is 81.9 Å². The van der Waals surface area contributed by atoms with Gasteiger partial charge in [-0.25, -0.2) is 19.3 Å². The highest BCUT2D eigenvalue weighted by Crippen LogP contribution is 2.30. The van der Waals surface area contributed by atoms with Crippen LogP contribution in [-0.4, -0.2) is 43.2 Å². The van der Waals surface area contributed by atoms with Gasteiger partial charge in [0.15, 0.2) is 10.5 Å². The summed E-state index contributed by atoms with van der Waals surface area (Å²) in [7, 11) is 0. The topological polar surface area (TPSA) is 129 Å². The average molecular weight is 516 g/mol. The Hall–Kier alpha value is -4.64. The number of carbonyl (C=O) groups excluding carboxylic acids is 1. The van der Waals surface area contributed by atoms with Gasteiger partial charge in [-0.2, -0.15) is 0 Å². The second kappa shape index (κ2) is 9.78. The van der Waals surface area contributed by atoms with Crippen molar-refractivity contribution in [1.82, 2.24) is 19.6 Å². The Kier molecular flexibility index (Phi) is 6.36. The van der Waals surface area contributed by atoms with Crippen molar-refractivity contribution in [3.8, 4) is 5.69 Å². The fraction of sp³-hybridized carbons (Fsp3) is 0.154. The number of carboxylic acids is 1. The summed E-state index contributed by atoms with van der Waals surface area (Å²) in [5.74, 6) is -1.68. The Morgan fingerprint density at radius 2 is 1.95 bits per heavy atom. The van der Waals surface area contributed by atoms with Gasteiger partial charge in [-0.05, 0) is 43.2 Å². The minimum absolute atomic E-state index is 0.174. The SMILES string of the molecule is CCOC(=O)C1=C(C)N=c2s/c(=C\c3cccc(-n4cc(C(=O)O)nn4)c3)c(=O)n2C1c1ccccc1. The van der Waals surface area contributed by atoms with Crippen LogP contribution in [0.4, 0.5) is 0 Å². The van der Waals surface area contributed by atoms with E-state index in [0.717, 1.165) is 5.56 Å². The molecule has 1 atom stereocenters. The average Bonchev–Trinajstić information content (AvgIpc) is 3.50. The smallest absolute Gasteiger partial charge is 0.358 e. The molecule has 186 valence electrons. The van der Waals surface area contributed by atoms with Crippen LogP contribution in [0.25, 0.3) is 11.8 Å². The van der Waals surface area contributed by atoms with Crippen molar-refractivity contribution < 1.29 is 19.4 Å². The predicted molar refractivity (Wildman–Crippen MR) is 135 cm³/mol. The van der Waals surface area contributed by atoms with Gasteiger partial charge in [0, 0.05) is 0 Å². The maximum absolute atomic E-state index is 13.7. The highest BCUT2D eigenvalue weighted by molar-refractivity contribution is 7.07. The molecule has 3 heterocycles. The van der Waals surface area contributed by atoms with Gasteiger partial charge in [-0.3, -0.25) is 9.36 Å². The third-order valence-corrected chi connectivity index (χ3v) is 6.76. The third-order valence-electron chi connectivity index (χ3n) is 5.78. The Bertz CT molecular complexity index is 1730. The summed E-state index contributed by atoms with van der Waals surface area (Å²) in [6, 6.07) is 15.8. The zero-order valence-corrected chi connectivity index (χ0v) is 20.7. The molecule has 11 heteroatoms. The molecule has 0 fully saturated rings. The number of thiazole rings is 1. The molecule has 0 saturated heterocycles. The molecule has 1 aliphatic rings. The molecule has 10 nitrogen and oxygen atoms in total. The number of nitrogens with zero attached hydrogens (tertiary/aromatic N) is 5. The number of allylic oxidation sites excluding steroid dienone is 1. The van der Waals surface area contributed by atoms with Crippen LogP contribution in [0.1, 0.15) is 41.5 Å². The number of hydrogen-bond acceptors (Lipinski definition) is 8. The van der Waals surface area contributed by atoms with E-state index in [9.17, 15) is 14.4 Å². The van der Waals surface area contributed by atoms with Crippen LogP contribution in [0.3, 0.4) is 0 Å². The Labute approximate surface area is 214 Å². The van der Waals surface area contributed by atoms with Gasteiger partial charge < -0.3 is 9.84 Å². The van der Waals surface area contributed by atoms with Crippen LogP contribution in [0.2, 0.25) is 0 Å². The molecule has 2 aromatic heterocycles. The molecule has 0 radical (unpaired) electrons. The summed E-state index contributed by atoms with van der Waals surface area (Å²) in [5, 5.41) is 16.6. The molecule has 2 aromatic carbocycles. The molecule has 1 N–H and O–H groups in total. The van der Waals surface area contributed by atoms with E-state index in [2.05, 4.69) is 15.3 Å². The van der Waals surface area contributed by atoms with Crippen LogP contribution < -0.4 is 14.9 Å². The Morgan fingerprint density at radius 1 is 1.16 bits per heavy atom. The molecule has 0 bridgehead atoms. The molecule has 0 amide bonds. The van der Waals surface area contributed by atoms with Gasteiger partial charge in [-0.1, -0.05) is 59.0 Å². The van der Waals surface area contributed by atoms with Crippen LogP contribution in [-0.2, 0) is 9.53 Å². The summed E-state index contributed by atoms with van der Waals surface area (Å²) >= 11 is 1.23. The molecule has 5 rings (SSSR count). The number of hydrogen-bond donors (Lipinski definition) is 1. The van der Waals surface area contributed by atoms with Gasteiger partial charge in [0.25, 0.3) is 5.56 Å². The van der Waals surface area contributed by atoms with Crippen molar-refractivity contribution in [2.75, 3.05) is 6.61 Å². The molecule has 4 aromatic rings. The van der Waals surface area contributed by atoms with E-state index in [1.807, 2.05) is 36.4 Å². The maximum atomic E-state index is 13.7. The second-order valence-corrected chi connectivity index (χ2v) is 9.17. The number of aromatic carboxylic acids is 1. The van der Waals surface area contributed by atoms with E-state index in [0.29, 0.717) is 31.9 Å². The number of carboxylic acid groups (broad SMARTS) is 1. The lowest BCUT2D eigenvalue weighted by Crippen LogP contribution is -2.39. The van der Waals surface area contributed by atoms with E-state index >= 15 is 0 Å². The first-order valence-corrected chi connectivity index (χ1v) is 12.2. The Balaban J connectivity index is 1.63. The van der Waals surface area contributed by atoms with Crippen LogP contribution in [0, 0.1) is 0 Å². The number of aromatic nitrogens is 4. The summed E-state index contributed by atoms with van der Waals surface area (Å²) in [6.45, 7) is 3.68. The number of carbonyl (C=O) groups is 2. The first kappa shape index (κ1) is 24.1. The minimum Gasteiger partial charge on any atom is -0.476 e. The van der Waals surface area contributed by atoms with Crippen molar-refractivity contribution in [1.29, 1.82) is 0 Å². The van der Waals surface area contributed by atoms with Gasteiger partial charge in [0.05, 0.1) is 40.3 Å². The fourth-order valence-electron chi connectivity index (χ4n) is 4.14. The molecular weight excluding hydrogens is 494 g/mol. The molecule has 0 saturated carbocycles. The molecule has 1 unspecified atom stereocenters. The van der Waals surface area contributed by atoms with Crippen molar-refractivity contribution in [3.63, 3.8) is 0 Å². The summed E-state index contributed by atoms with van der Waals surface area (Å²) in [4.78, 5) is 42.8. The summed E-state index contributed by atoms with van der Waals surface area (Å²) in [6.07, 6.45) is 3.04. The standard InChI is InChI=1S/C26H21N5O5S/c1-3-36-25(35)21-15(2)27-26-31(22(21)17-9-5-4-6-10-17)23(32)20(37-26)13-16-8-7-11-18(12-16)30-14-19(24(33)34)28-29-30/h4-14,22H,3H2,1-2H3,(H,33,34)/b20-13-. The zero-order chi connectivity index (χ0) is 26.1. The van der Waals surface area contributed by atoms with Crippen molar-refractivity contribution in [2.24, 2.45) is 4.99 Å². The number of esters is 1. The molecule has 0 aliphatic carbocycles. The van der Waals surface area contributed by atoms with Crippen LogP contribution >= 0.6 is 11.3 Å². The van der Waals surface area contributed by atoms with E-state index in [1.165, 1.54) is 26.8 Å². The molecule has 37 heavy (non-hydrogen) atoms. The van der Waals surface area contributed by atoms with E-state index in [-0.39, 0.29) is 17.9 Å².